The van der Waals surface area contributed by atoms with Crippen molar-refractivity contribution in [1.29, 1.82) is 10.5 Å². The summed E-state index contributed by atoms with van der Waals surface area (Å²) in [6, 6.07) is 9.98. The number of ether oxygens (including phenoxy) is 1. The summed E-state index contributed by atoms with van der Waals surface area (Å²) in [5.74, 6) is -0.544. The van der Waals surface area contributed by atoms with Gasteiger partial charge in [-0.15, -0.1) is 6.58 Å². The summed E-state index contributed by atoms with van der Waals surface area (Å²) in [6.45, 7) is 7.02. The van der Waals surface area contributed by atoms with Crippen LogP contribution in [0.3, 0.4) is 0 Å². The minimum absolute atomic E-state index is 0.271. The van der Waals surface area contributed by atoms with Gasteiger partial charge < -0.3 is 13.8 Å². The first-order valence-electron chi connectivity index (χ1n) is 7.98. The number of esters is 1. The zero-order chi connectivity index (χ0) is 20.9. The maximum absolute atomic E-state index is 13.4. The van der Waals surface area contributed by atoms with E-state index in [1.807, 2.05) is 12.1 Å². The molecule has 0 fully saturated rings. The SMILES string of the molecule is C=CC(C)(C)C(C#N)(C#N)C(c1ccc(C(=O)OC)cc1)P(=O)(OC)OC. The molecule has 144 valence electrons. The van der Waals surface area contributed by atoms with Crippen LogP contribution in [0.15, 0.2) is 36.9 Å². The highest BCUT2D eigenvalue weighted by atomic mass is 31.2. The smallest absolute Gasteiger partial charge is 0.340 e. The molecule has 0 bridgehead atoms. The van der Waals surface area contributed by atoms with Gasteiger partial charge in [-0.05, 0) is 17.7 Å². The number of nitriles is 2. The number of carbonyl (C=O) groups excluding carboxylic acids is 1. The van der Waals surface area contributed by atoms with Crippen molar-refractivity contribution in [1.82, 2.24) is 0 Å². The van der Waals surface area contributed by atoms with Crippen molar-refractivity contribution in [3.8, 4) is 12.1 Å². The van der Waals surface area contributed by atoms with E-state index >= 15 is 0 Å². The van der Waals surface area contributed by atoms with Gasteiger partial charge in [0.15, 0.2) is 5.41 Å². The molecule has 0 radical (unpaired) electrons. The van der Waals surface area contributed by atoms with E-state index in [2.05, 4.69) is 11.3 Å². The fourth-order valence-corrected chi connectivity index (χ4v) is 4.85. The van der Waals surface area contributed by atoms with Gasteiger partial charge in [0.1, 0.15) is 5.66 Å². The van der Waals surface area contributed by atoms with E-state index in [1.54, 1.807) is 13.8 Å². The highest BCUT2D eigenvalue weighted by molar-refractivity contribution is 7.54. The minimum Gasteiger partial charge on any atom is -0.465 e. The van der Waals surface area contributed by atoms with Gasteiger partial charge in [-0.1, -0.05) is 32.1 Å². The summed E-state index contributed by atoms with van der Waals surface area (Å²) in [5, 5.41) is 20.0. The molecule has 1 rings (SSSR count). The molecule has 0 amide bonds. The second-order valence-corrected chi connectivity index (χ2v) is 8.70. The second-order valence-electron chi connectivity index (χ2n) is 6.38. The number of hydrogen-bond acceptors (Lipinski definition) is 7. The minimum atomic E-state index is -3.93. The van der Waals surface area contributed by atoms with E-state index in [4.69, 9.17) is 9.05 Å². The molecule has 0 saturated heterocycles. The Kier molecular flexibility index (Phi) is 7.11. The Bertz CT molecular complexity index is 811. The molecule has 0 heterocycles. The van der Waals surface area contributed by atoms with E-state index < -0.39 is 30.1 Å². The fourth-order valence-electron chi connectivity index (χ4n) is 2.82. The molecule has 8 heteroatoms. The van der Waals surface area contributed by atoms with Crippen molar-refractivity contribution in [2.45, 2.75) is 19.5 Å². The number of methoxy groups -OCH3 is 1. The average molecular weight is 390 g/mol. The molecule has 0 spiro atoms. The van der Waals surface area contributed by atoms with Crippen LogP contribution in [0, 0.1) is 33.5 Å². The number of rotatable bonds is 8. The molecule has 7 nitrogen and oxygen atoms in total. The van der Waals surface area contributed by atoms with Crippen LogP contribution in [0.25, 0.3) is 0 Å². The van der Waals surface area contributed by atoms with Gasteiger partial charge >= 0.3 is 13.6 Å². The first-order chi connectivity index (χ1) is 12.6. The van der Waals surface area contributed by atoms with Crippen LogP contribution in [0.1, 0.15) is 35.4 Å². The molecule has 27 heavy (non-hydrogen) atoms. The molecular weight excluding hydrogens is 367 g/mol. The lowest BCUT2D eigenvalue weighted by atomic mass is 9.64. The fraction of sp³-hybridized carbons (Fsp3) is 0.421. The van der Waals surface area contributed by atoms with E-state index in [1.165, 1.54) is 51.7 Å². The Balaban J connectivity index is 3.81. The van der Waals surface area contributed by atoms with E-state index in [0.717, 1.165) is 0 Å². The highest BCUT2D eigenvalue weighted by Crippen LogP contribution is 2.69. The molecule has 0 N–H and O–H groups in total. The molecule has 1 aromatic carbocycles. The summed E-state index contributed by atoms with van der Waals surface area (Å²) in [4.78, 5) is 11.7. The molecule has 0 aliphatic heterocycles. The maximum Gasteiger partial charge on any atom is 0.340 e. The van der Waals surface area contributed by atoms with Crippen molar-refractivity contribution in [2.75, 3.05) is 21.3 Å². The first-order valence-corrected chi connectivity index (χ1v) is 9.59. The van der Waals surface area contributed by atoms with Crippen LogP contribution in [0.4, 0.5) is 0 Å². The Morgan fingerprint density at radius 1 is 1.15 bits per heavy atom. The Labute approximate surface area is 159 Å². The topological polar surface area (TPSA) is 109 Å². The van der Waals surface area contributed by atoms with E-state index in [0.29, 0.717) is 5.56 Å². The molecule has 1 atom stereocenters. The van der Waals surface area contributed by atoms with E-state index in [-0.39, 0.29) is 5.56 Å². The van der Waals surface area contributed by atoms with E-state index in [9.17, 15) is 19.9 Å². The van der Waals surface area contributed by atoms with Crippen molar-refractivity contribution < 1.29 is 23.1 Å². The van der Waals surface area contributed by atoms with Crippen molar-refractivity contribution in [3.63, 3.8) is 0 Å². The van der Waals surface area contributed by atoms with Crippen LogP contribution in [-0.2, 0) is 18.3 Å². The molecule has 0 aliphatic rings. The monoisotopic (exact) mass is 390 g/mol. The standard InChI is InChI=1S/C19H23N2O5P/c1-7-18(2,3)19(12-20,13-21)16(27(23,25-5)26-6)14-8-10-15(11-9-14)17(22)24-4/h7-11,16H,1H2,2-6H3. The normalized spacial score (nSPS) is 13.1. The third-order valence-electron chi connectivity index (χ3n) is 4.76. The number of nitrogens with zero attached hydrogens (tertiary/aromatic N) is 2. The van der Waals surface area contributed by atoms with Gasteiger partial charge in [0.05, 0.1) is 24.8 Å². The average Bonchev–Trinajstić information content (AvgIpc) is 2.70. The van der Waals surface area contributed by atoms with Crippen LogP contribution in [0.2, 0.25) is 0 Å². The van der Waals surface area contributed by atoms with Gasteiger partial charge in [-0.25, -0.2) is 4.79 Å². The summed E-state index contributed by atoms with van der Waals surface area (Å²) < 4.78 is 28.4. The predicted molar refractivity (Wildman–Crippen MR) is 99.8 cm³/mol. The third kappa shape index (κ3) is 3.82. The molecule has 1 unspecified atom stereocenters. The summed E-state index contributed by atoms with van der Waals surface area (Å²) >= 11 is 0. The molecule has 1 aromatic rings. The van der Waals surface area contributed by atoms with Crippen LogP contribution in [-0.4, -0.2) is 27.3 Å². The first kappa shape index (κ1) is 22.6. The Morgan fingerprint density at radius 2 is 1.63 bits per heavy atom. The molecule has 0 aromatic heterocycles. The van der Waals surface area contributed by atoms with Crippen molar-refractivity contribution in [3.05, 3.63) is 48.0 Å². The molecule has 0 saturated carbocycles. The quantitative estimate of drug-likeness (QED) is 0.371. The second kappa shape index (κ2) is 8.50. The third-order valence-corrected chi connectivity index (χ3v) is 7.10. The summed E-state index contributed by atoms with van der Waals surface area (Å²) in [6.07, 6.45) is 1.46. The zero-order valence-electron chi connectivity index (χ0n) is 16.1. The Morgan fingerprint density at radius 3 is 1.96 bits per heavy atom. The number of carbonyl (C=O) groups is 1. The van der Waals surface area contributed by atoms with Gasteiger partial charge in [0, 0.05) is 19.6 Å². The number of allylic oxidation sites excluding steroid dienone is 1. The van der Waals surface area contributed by atoms with Gasteiger partial charge in [-0.3, -0.25) is 4.57 Å². The largest absolute Gasteiger partial charge is 0.465 e. The van der Waals surface area contributed by atoms with Crippen LogP contribution >= 0.6 is 7.60 Å². The van der Waals surface area contributed by atoms with Crippen LogP contribution < -0.4 is 0 Å². The van der Waals surface area contributed by atoms with Crippen molar-refractivity contribution >= 4 is 13.6 Å². The van der Waals surface area contributed by atoms with Gasteiger partial charge in [0.2, 0.25) is 0 Å². The number of benzene rings is 1. The number of hydrogen-bond donors (Lipinski definition) is 0. The van der Waals surface area contributed by atoms with Crippen molar-refractivity contribution in [2.24, 2.45) is 10.8 Å². The predicted octanol–water partition coefficient (Wildman–Crippen LogP) is 4.25. The lowest BCUT2D eigenvalue weighted by Crippen LogP contribution is -2.40. The Hall–Kier alpha value is -2.44. The lowest BCUT2D eigenvalue weighted by Gasteiger charge is -2.41. The maximum atomic E-state index is 13.4. The molecule has 0 aliphatic carbocycles. The lowest BCUT2D eigenvalue weighted by molar-refractivity contribution is 0.0600. The zero-order valence-corrected chi connectivity index (χ0v) is 16.9. The summed E-state index contributed by atoms with van der Waals surface area (Å²) in [7, 11) is -0.286. The summed E-state index contributed by atoms with van der Waals surface area (Å²) in [5.41, 5.74) is -3.49. The van der Waals surface area contributed by atoms with Gasteiger partial charge in [-0.2, -0.15) is 10.5 Å². The molecular formula is C19H23N2O5P. The highest BCUT2D eigenvalue weighted by Gasteiger charge is 2.59. The van der Waals surface area contributed by atoms with Crippen LogP contribution in [0.5, 0.6) is 0 Å². The van der Waals surface area contributed by atoms with Gasteiger partial charge in [0.25, 0.3) is 0 Å².